The SMILES string of the molecule is CSC1CN(C(=O)c2n[nH]c3c2CNCC3)CC1N(C)C.Cl. The van der Waals surface area contributed by atoms with E-state index in [2.05, 4.69) is 40.8 Å². The molecule has 2 aliphatic heterocycles. The van der Waals surface area contributed by atoms with E-state index in [-0.39, 0.29) is 18.3 Å². The summed E-state index contributed by atoms with van der Waals surface area (Å²) in [4.78, 5) is 17.0. The van der Waals surface area contributed by atoms with Crippen molar-refractivity contribution in [1.29, 1.82) is 0 Å². The van der Waals surface area contributed by atoms with E-state index in [1.807, 2.05) is 16.7 Å². The standard InChI is InChI=1S/C14H23N5OS.ClH/c1-18(2)11-7-19(8-12(11)21-3)14(20)13-9-6-15-5-4-10(9)16-17-13;/h11-12,15H,4-8H2,1-3H3,(H,16,17);1H. The van der Waals surface area contributed by atoms with E-state index in [0.717, 1.165) is 43.9 Å². The molecule has 1 aromatic rings. The molecule has 1 amide bonds. The highest BCUT2D eigenvalue weighted by Gasteiger charge is 2.37. The molecule has 2 N–H and O–H groups in total. The summed E-state index contributed by atoms with van der Waals surface area (Å²) in [7, 11) is 4.17. The zero-order valence-electron chi connectivity index (χ0n) is 13.3. The molecule has 0 radical (unpaired) electrons. The minimum Gasteiger partial charge on any atom is -0.334 e. The number of H-pyrrole nitrogens is 1. The fraction of sp³-hybridized carbons (Fsp3) is 0.714. The number of aromatic amines is 1. The van der Waals surface area contributed by atoms with Crippen LogP contribution in [0.5, 0.6) is 0 Å². The molecule has 22 heavy (non-hydrogen) atoms. The van der Waals surface area contributed by atoms with Gasteiger partial charge in [0.1, 0.15) is 0 Å². The number of aromatic nitrogens is 2. The normalized spacial score (nSPS) is 24.3. The van der Waals surface area contributed by atoms with Gasteiger partial charge in [0, 0.05) is 55.1 Å². The maximum absolute atomic E-state index is 12.8. The number of nitrogens with zero attached hydrogens (tertiary/aromatic N) is 3. The number of halogens is 1. The fourth-order valence-corrected chi connectivity index (χ4v) is 4.17. The van der Waals surface area contributed by atoms with Crippen LogP contribution in [0.15, 0.2) is 0 Å². The third-order valence-electron chi connectivity index (χ3n) is 4.50. The first-order chi connectivity index (χ1) is 10.1. The summed E-state index contributed by atoms with van der Waals surface area (Å²) in [5.74, 6) is 0.0691. The van der Waals surface area contributed by atoms with Crippen LogP contribution >= 0.6 is 24.2 Å². The van der Waals surface area contributed by atoms with Gasteiger partial charge < -0.3 is 15.1 Å². The predicted molar refractivity (Wildman–Crippen MR) is 91.9 cm³/mol. The van der Waals surface area contributed by atoms with Crippen molar-refractivity contribution in [3.8, 4) is 0 Å². The first-order valence-corrected chi connectivity index (χ1v) is 8.66. The van der Waals surface area contributed by atoms with Gasteiger partial charge >= 0.3 is 0 Å². The summed E-state index contributed by atoms with van der Waals surface area (Å²) in [6.45, 7) is 3.28. The highest BCUT2D eigenvalue weighted by atomic mass is 35.5. The third-order valence-corrected chi connectivity index (χ3v) is 5.57. The van der Waals surface area contributed by atoms with E-state index < -0.39 is 0 Å². The molecule has 1 saturated heterocycles. The fourth-order valence-electron chi connectivity index (χ4n) is 3.20. The number of hydrogen-bond donors (Lipinski definition) is 2. The summed E-state index contributed by atoms with van der Waals surface area (Å²) in [5, 5.41) is 11.1. The largest absolute Gasteiger partial charge is 0.334 e. The second kappa shape index (κ2) is 7.21. The number of amides is 1. The van der Waals surface area contributed by atoms with Gasteiger partial charge in [0.2, 0.25) is 0 Å². The number of nitrogens with one attached hydrogen (secondary N) is 2. The summed E-state index contributed by atoms with van der Waals surface area (Å²) < 4.78 is 0. The Bertz CT molecular complexity index is 535. The van der Waals surface area contributed by atoms with Crippen molar-refractivity contribution < 1.29 is 4.79 Å². The van der Waals surface area contributed by atoms with Crippen molar-refractivity contribution in [3.63, 3.8) is 0 Å². The molecule has 0 spiro atoms. The van der Waals surface area contributed by atoms with Gasteiger partial charge in [-0.15, -0.1) is 12.4 Å². The van der Waals surface area contributed by atoms with Crippen molar-refractivity contribution in [1.82, 2.24) is 25.3 Å². The zero-order chi connectivity index (χ0) is 15.0. The molecule has 2 atom stereocenters. The van der Waals surface area contributed by atoms with Gasteiger partial charge in [0.25, 0.3) is 5.91 Å². The lowest BCUT2D eigenvalue weighted by molar-refractivity contribution is 0.0776. The molecule has 8 heteroatoms. The first-order valence-electron chi connectivity index (χ1n) is 7.37. The molecule has 3 rings (SSSR count). The van der Waals surface area contributed by atoms with Gasteiger partial charge in [-0.3, -0.25) is 9.89 Å². The molecule has 124 valence electrons. The summed E-state index contributed by atoms with van der Waals surface area (Å²) in [6.07, 6.45) is 3.04. The summed E-state index contributed by atoms with van der Waals surface area (Å²) in [5.41, 5.74) is 2.78. The minimum absolute atomic E-state index is 0. The van der Waals surface area contributed by atoms with Gasteiger partial charge in [-0.25, -0.2) is 0 Å². The van der Waals surface area contributed by atoms with Gasteiger partial charge in [0.15, 0.2) is 5.69 Å². The van der Waals surface area contributed by atoms with Crippen LogP contribution in [0.1, 0.15) is 21.7 Å². The Labute approximate surface area is 141 Å². The van der Waals surface area contributed by atoms with Crippen LogP contribution in [0.25, 0.3) is 0 Å². The molecule has 0 saturated carbocycles. The van der Waals surface area contributed by atoms with E-state index >= 15 is 0 Å². The maximum atomic E-state index is 12.8. The van der Waals surface area contributed by atoms with Crippen molar-refractivity contribution in [2.75, 3.05) is 40.0 Å². The van der Waals surface area contributed by atoms with Crippen molar-refractivity contribution in [2.24, 2.45) is 0 Å². The highest BCUT2D eigenvalue weighted by molar-refractivity contribution is 7.99. The number of fused-ring (bicyclic) bond motifs is 1. The average molecular weight is 346 g/mol. The Kier molecular flexibility index (Phi) is 5.76. The minimum atomic E-state index is 0. The molecule has 0 aromatic carbocycles. The van der Waals surface area contributed by atoms with Gasteiger partial charge in [-0.1, -0.05) is 0 Å². The van der Waals surface area contributed by atoms with E-state index in [9.17, 15) is 4.79 Å². The van der Waals surface area contributed by atoms with Crippen LogP contribution in [0.3, 0.4) is 0 Å². The van der Waals surface area contributed by atoms with Gasteiger partial charge in [-0.05, 0) is 20.4 Å². The van der Waals surface area contributed by atoms with Crippen molar-refractivity contribution >= 4 is 30.1 Å². The quantitative estimate of drug-likeness (QED) is 0.839. The Morgan fingerprint density at radius 2 is 2.18 bits per heavy atom. The van der Waals surface area contributed by atoms with Crippen LogP contribution in [0.4, 0.5) is 0 Å². The number of likely N-dealkylation sites (N-methyl/N-ethyl adjacent to an activating group) is 1. The Morgan fingerprint density at radius 3 is 2.82 bits per heavy atom. The van der Waals surface area contributed by atoms with E-state index in [1.165, 1.54) is 0 Å². The van der Waals surface area contributed by atoms with E-state index in [1.54, 1.807) is 0 Å². The molecule has 3 heterocycles. The number of hydrogen-bond acceptors (Lipinski definition) is 5. The number of thioether (sulfide) groups is 1. The smallest absolute Gasteiger partial charge is 0.274 e. The molecular formula is C14H24ClN5OS. The van der Waals surface area contributed by atoms with Gasteiger partial charge in [-0.2, -0.15) is 16.9 Å². The van der Waals surface area contributed by atoms with Crippen LogP contribution < -0.4 is 5.32 Å². The molecule has 2 unspecified atom stereocenters. The molecule has 6 nitrogen and oxygen atoms in total. The summed E-state index contributed by atoms with van der Waals surface area (Å²) >= 11 is 1.84. The third kappa shape index (κ3) is 3.13. The highest BCUT2D eigenvalue weighted by Crippen LogP contribution is 2.26. The molecule has 1 fully saturated rings. The Morgan fingerprint density at radius 1 is 1.41 bits per heavy atom. The monoisotopic (exact) mass is 345 g/mol. The number of likely N-dealkylation sites (tertiary alicyclic amines) is 1. The van der Waals surface area contributed by atoms with Crippen LogP contribution in [-0.2, 0) is 13.0 Å². The lowest BCUT2D eigenvalue weighted by Crippen LogP contribution is -2.37. The Balaban J connectivity index is 0.00000176. The maximum Gasteiger partial charge on any atom is 0.274 e. The van der Waals surface area contributed by atoms with Crippen LogP contribution in [0, 0.1) is 0 Å². The van der Waals surface area contributed by atoms with Gasteiger partial charge in [0.05, 0.1) is 0 Å². The first kappa shape index (κ1) is 17.6. The van der Waals surface area contributed by atoms with Crippen LogP contribution in [-0.4, -0.2) is 77.2 Å². The number of rotatable bonds is 3. The molecule has 2 aliphatic rings. The molecule has 0 bridgehead atoms. The zero-order valence-corrected chi connectivity index (χ0v) is 14.9. The average Bonchev–Trinajstić information content (AvgIpc) is 3.10. The van der Waals surface area contributed by atoms with Crippen LogP contribution in [0.2, 0.25) is 0 Å². The van der Waals surface area contributed by atoms with Crippen molar-refractivity contribution in [3.05, 3.63) is 17.0 Å². The number of carbonyl (C=O) groups is 1. The lowest BCUT2D eigenvalue weighted by atomic mass is 10.1. The van der Waals surface area contributed by atoms with E-state index in [4.69, 9.17) is 0 Å². The number of carbonyl (C=O) groups excluding carboxylic acids is 1. The lowest BCUT2D eigenvalue weighted by Gasteiger charge is -2.23. The van der Waals surface area contributed by atoms with Crippen molar-refractivity contribution in [2.45, 2.75) is 24.3 Å². The predicted octanol–water partition coefficient (Wildman–Crippen LogP) is 0.595. The topological polar surface area (TPSA) is 64.3 Å². The summed E-state index contributed by atoms with van der Waals surface area (Å²) in [6, 6.07) is 0.414. The second-order valence-electron chi connectivity index (χ2n) is 5.97. The Hall–Kier alpha value is -0.760. The molecule has 0 aliphatic carbocycles. The molecular weight excluding hydrogens is 322 g/mol. The second-order valence-corrected chi connectivity index (χ2v) is 7.05. The molecule has 1 aromatic heterocycles. The van der Waals surface area contributed by atoms with E-state index in [0.29, 0.717) is 17.0 Å².